The summed E-state index contributed by atoms with van der Waals surface area (Å²) in [7, 11) is 0. The molecule has 3 aromatic rings. The number of nitrogens with one attached hydrogen (secondary N) is 2. The van der Waals surface area contributed by atoms with Crippen molar-refractivity contribution in [3.8, 4) is 23.0 Å². The standard InChI is InChI=1S/C17H17N7O5S/c1-3-24-16(14-15(18-9(2)25)23-29-22-14)20-21-17(24)30-7-13(26)19-10-4-5-11-12(6-10)28-8-27-11/h4-6H,3,7-8H2,1-2H3,(H,19,26)(H,18,23,25). The number of hydrogen-bond acceptors (Lipinski definition) is 10. The molecule has 0 bridgehead atoms. The van der Waals surface area contributed by atoms with Crippen molar-refractivity contribution in [2.75, 3.05) is 23.2 Å². The summed E-state index contributed by atoms with van der Waals surface area (Å²) in [6, 6.07) is 5.19. The lowest BCUT2D eigenvalue weighted by atomic mass is 10.3. The zero-order chi connectivity index (χ0) is 21.1. The van der Waals surface area contributed by atoms with Crippen LogP contribution in [0.3, 0.4) is 0 Å². The van der Waals surface area contributed by atoms with Crippen LogP contribution in [0, 0.1) is 0 Å². The van der Waals surface area contributed by atoms with E-state index in [1.807, 2.05) is 6.92 Å². The van der Waals surface area contributed by atoms with E-state index in [4.69, 9.17) is 14.1 Å². The zero-order valence-electron chi connectivity index (χ0n) is 16.0. The molecule has 0 aliphatic carbocycles. The molecule has 30 heavy (non-hydrogen) atoms. The van der Waals surface area contributed by atoms with Gasteiger partial charge in [-0.25, -0.2) is 4.63 Å². The van der Waals surface area contributed by atoms with Crippen LogP contribution in [0.5, 0.6) is 11.5 Å². The minimum absolute atomic E-state index is 0.113. The SMILES string of the molecule is CCn1c(SCC(=O)Nc2ccc3c(c2)OCO3)nnc1-c1nonc1NC(C)=O. The van der Waals surface area contributed by atoms with Crippen molar-refractivity contribution in [1.82, 2.24) is 25.1 Å². The number of ether oxygens (including phenoxy) is 2. The van der Waals surface area contributed by atoms with Crippen molar-refractivity contribution < 1.29 is 23.7 Å². The first-order chi connectivity index (χ1) is 14.5. The quantitative estimate of drug-likeness (QED) is 0.530. The molecule has 0 atom stereocenters. The largest absolute Gasteiger partial charge is 0.454 e. The van der Waals surface area contributed by atoms with Crippen LogP contribution in [0.4, 0.5) is 11.5 Å². The third-order valence-corrected chi connectivity index (χ3v) is 4.98. The van der Waals surface area contributed by atoms with Crippen LogP contribution in [-0.2, 0) is 16.1 Å². The van der Waals surface area contributed by atoms with Crippen LogP contribution in [0.2, 0.25) is 0 Å². The molecule has 0 saturated carbocycles. The molecule has 13 heteroatoms. The number of benzene rings is 1. The molecular formula is C17H17N7O5S. The maximum absolute atomic E-state index is 12.4. The van der Waals surface area contributed by atoms with Crippen LogP contribution in [-0.4, -0.2) is 49.4 Å². The maximum atomic E-state index is 12.4. The summed E-state index contributed by atoms with van der Waals surface area (Å²) in [5.74, 6) is 1.35. The normalized spacial score (nSPS) is 12.1. The highest BCUT2D eigenvalue weighted by molar-refractivity contribution is 7.99. The number of thioether (sulfide) groups is 1. The molecule has 2 N–H and O–H groups in total. The Bertz CT molecular complexity index is 1100. The average molecular weight is 431 g/mol. The van der Waals surface area contributed by atoms with Gasteiger partial charge in [-0.05, 0) is 29.4 Å². The second kappa shape index (κ2) is 8.41. The number of nitrogens with zero attached hydrogens (tertiary/aromatic N) is 5. The number of carbonyl (C=O) groups is 2. The summed E-state index contributed by atoms with van der Waals surface area (Å²) in [5, 5.41) is 21.6. The van der Waals surface area contributed by atoms with Crippen LogP contribution in [0.25, 0.3) is 11.5 Å². The van der Waals surface area contributed by atoms with Gasteiger partial charge in [0, 0.05) is 25.2 Å². The first-order valence-electron chi connectivity index (χ1n) is 8.91. The summed E-state index contributed by atoms with van der Waals surface area (Å²) in [6.07, 6.45) is 0. The molecule has 0 saturated heterocycles. The zero-order valence-corrected chi connectivity index (χ0v) is 16.9. The monoisotopic (exact) mass is 431 g/mol. The van der Waals surface area contributed by atoms with E-state index in [2.05, 4.69) is 31.1 Å². The predicted molar refractivity (Wildman–Crippen MR) is 105 cm³/mol. The van der Waals surface area contributed by atoms with Crippen molar-refractivity contribution in [2.45, 2.75) is 25.5 Å². The molecule has 12 nitrogen and oxygen atoms in total. The third-order valence-electron chi connectivity index (χ3n) is 4.02. The summed E-state index contributed by atoms with van der Waals surface area (Å²) < 4.78 is 17.0. The number of hydrogen-bond donors (Lipinski definition) is 2. The van der Waals surface area contributed by atoms with Gasteiger partial charge in [0.05, 0.1) is 5.75 Å². The van der Waals surface area contributed by atoms with Crippen molar-refractivity contribution in [3.63, 3.8) is 0 Å². The Balaban J connectivity index is 1.43. The minimum atomic E-state index is -0.315. The Hall–Kier alpha value is -3.61. The second-order valence-electron chi connectivity index (χ2n) is 6.10. The highest BCUT2D eigenvalue weighted by Crippen LogP contribution is 2.34. The molecule has 1 aliphatic heterocycles. The molecule has 0 radical (unpaired) electrons. The Morgan fingerprint density at radius 2 is 2.00 bits per heavy atom. The van der Waals surface area contributed by atoms with E-state index < -0.39 is 0 Å². The number of fused-ring (bicyclic) bond motifs is 1. The Labute approximate surface area is 174 Å². The molecule has 0 spiro atoms. The number of rotatable bonds is 7. The summed E-state index contributed by atoms with van der Waals surface area (Å²) in [4.78, 5) is 23.7. The minimum Gasteiger partial charge on any atom is -0.454 e. The molecule has 3 heterocycles. The average Bonchev–Trinajstić information content (AvgIpc) is 3.44. The van der Waals surface area contributed by atoms with E-state index in [-0.39, 0.29) is 35.9 Å². The Kier molecular flexibility index (Phi) is 5.52. The van der Waals surface area contributed by atoms with Gasteiger partial charge < -0.3 is 24.7 Å². The van der Waals surface area contributed by atoms with E-state index in [1.54, 1.807) is 22.8 Å². The van der Waals surface area contributed by atoms with E-state index in [0.29, 0.717) is 34.7 Å². The molecule has 4 rings (SSSR count). The van der Waals surface area contributed by atoms with Crippen molar-refractivity contribution in [3.05, 3.63) is 18.2 Å². The molecule has 0 fully saturated rings. The van der Waals surface area contributed by atoms with Gasteiger partial charge in [-0.1, -0.05) is 11.8 Å². The summed E-state index contributed by atoms with van der Waals surface area (Å²) in [5.41, 5.74) is 0.868. The van der Waals surface area contributed by atoms with E-state index >= 15 is 0 Å². The Morgan fingerprint density at radius 1 is 1.17 bits per heavy atom. The van der Waals surface area contributed by atoms with Crippen LogP contribution in [0.1, 0.15) is 13.8 Å². The van der Waals surface area contributed by atoms with Gasteiger partial charge in [-0.2, -0.15) is 0 Å². The van der Waals surface area contributed by atoms with Crippen LogP contribution < -0.4 is 20.1 Å². The molecular weight excluding hydrogens is 414 g/mol. The van der Waals surface area contributed by atoms with Crippen LogP contribution >= 0.6 is 11.8 Å². The van der Waals surface area contributed by atoms with Crippen molar-refractivity contribution in [2.24, 2.45) is 0 Å². The van der Waals surface area contributed by atoms with E-state index in [9.17, 15) is 9.59 Å². The van der Waals surface area contributed by atoms with E-state index in [0.717, 1.165) is 0 Å². The molecule has 2 amide bonds. The summed E-state index contributed by atoms with van der Waals surface area (Å²) >= 11 is 1.22. The van der Waals surface area contributed by atoms with Crippen LogP contribution in [0.15, 0.2) is 28.0 Å². The van der Waals surface area contributed by atoms with Gasteiger partial charge in [0.25, 0.3) is 0 Å². The Morgan fingerprint density at radius 3 is 2.80 bits per heavy atom. The fraction of sp³-hybridized carbons (Fsp3) is 0.294. The van der Waals surface area contributed by atoms with Crippen molar-refractivity contribution in [1.29, 1.82) is 0 Å². The van der Waals surface area contributed by atoms with E-state index in [1.165, 1.54) is 18.7 Å². The van der Waals surface area contributed by atoms with Gasteiger partial charge in [-0.3, -0.25) is 9.59 Å². The molecule has 0 unspecified atom stereocenters. The van der Waals surface area contributed by atoms with Gasteiger partial charge in [-0.15, -0.1) is 10.2 Å². The van der Waals surface area contributed by atoms with Crippen molar-refractivity contribution >= 4 is 35.1 Å². The summed E-state index contributed by atoms with van der Waals surface area (Å²) in [6.45, 7) is 3.93. The number of amides is 2. The molecule has 1 aliphatic rings. The topological polar surface area (TPSA) is 146 Å². The first-order valence-corrected chi connectivity index (χ1v) is 9.89. The molecule has 1 aromatic carbocycles. The fourth-order valence-corrected chi connectivity index (χ4v) is 3.54. The highest BCUT2D eigenvalue weighted by Gasteiger charge is 2.22. The van der Waals surface area contributed by atoms with Gasteiger partial charge in [0.2, 0.25) is 24.4 Å². The van der Waals surface area contributed by atoms with Gasteiger partial charge >= 0.3 is 0 Å². The lowest BCUT2D eigenvalue weighted by Crippen LogP contribution is -2.14. The third kappa shape index (κ3) is 4.05. The number of anilines is 2. The number of carbonyl (C=O) groups excluding carboxylic acids is 2. The second-order valence-corrected chi connectivity index (χ2v) is 7.04. The van der Waals surface area contributed by atoms with Gasteiger partial charge in [0.15, 0.2) is 28.2 Å². The van der Waals surface area contributed by atoms with Gasteiger partial charge in [0.1, 0.15) is 0 Å². The first kappa shape index (κ1) is 19.7. The number of aromatic nitrogens is 5. The lowest BCUT2D eigenvalue weighted by Gasteiger charge is -2.07. The highest BCUT2D eigenvalue weighted by atomic mass is 32.2. The fourth-order valence-electron chi connectivity index (χ4n) is 2.74. The maximum Gasteiger partial charge on any atom is 0.234 e. The predicted octanol–water partition coefficient (Wildman–Crippen LogP) is 1.77. The molecule has 156 valence electrons. The smallest absolute Gasteiger partial charge is 0.234 e. The lowest BCUT2D eigenvalue weighted by molar-refractivity contribution is -0.114. The molecule has 2 aromatic heterocycles.